The van der Waals surface area contributed by atoms with Gasteiger partial charge in [0.05, 0.1) is 35.3 Å². The van der Waals surface area contributed by atoms with Crippen molar-refractivity contribution < 1.29 is 8.83 Å². The zero-order valence-corrected chi connectivity index (χ0v) is 31.7. The van der Waals surface area contributed by atoms with E-state index in [1.807, 2.05) is 38.1 Å². The lowest BCUT2D eigenvalue weighted by molar-refractivity contribution is 0.550. The molecule has 5 aliphatic rings. The number of nitrogens with one attached hydrogen (secondary N) is 3. The van der Waals surface area contributed by atoms with Gasteiger partial charge in [-0.1, -0.05) is 0 Å². The Bertz CT molecular complexity index is 2370. The van der Waals surface area contributed by atoms with E-state index in [0.29, 0.717) is 35.0 Å². The van der Waals surface area contributed by atoms with Gasteiger partial charge in [-0.3, -0.25) is 0 Å². The molecule has 8 heterocycles. The molecule has 12 heteroatoms. The number of dihydropyridines is 1. The summed E-state index contributed by atoms with van der Waals surface area (Å²) in [4.78, 5) is 32.9. The van der Waals surface area contributed by atoms with Crippen molar-refractivity contribution in [3.05, 3.63) is 119 Å². The summed E-state index contributed by atoms with van der Waals surface area (Å²) < 4.78 is 12.0. The van der Waals surface area contributed by atoms with Crippen LogP contribution >= 0.6 is 0 Å². The predicted molar refractivity (Wildman–Crippen MR) is 225 cm³/mol. The number of amidine groups is 3. The van der Waals surface area contributed by atoms with Gasteiger partial charge in [0.25, 0.3) is 0 Å². The Morgan fingerprint density at radius 3 is 1.84 bits per heavy atom. The quantitative estimate of drug-likeness (QED) is 0.137. The van der Waals surface area contributed by atoms with Crippen molar-refractivity contribution in [2.24, 2.45) is 25.9 Å². The van der Waals surface area contributed by atoms with E-state index in [-0.39, 0.29) is 5.92 Å². The number of furan rings is 2. The van der Waals surface area contributed by atoms with Gasteiger partial charge in [0, 0.05) is 60.8 Å². The lowest BCUT2D eigenvalue weighted by atomic mass is 9.86. The first kappa shape index (κ1) is 34.1. The van der Waals surface area contributed by atoms with Crippen LogP contribution in [0.1, 0.15) is 66.9 Å². The second-order valence-corrected chi connectivity index (χ2v) is 15.1. The molecule has 0 spiro atoms. The third-order valence-corrected chi connectivity index (χ3v) is 11.1. The third kappa shape index (κ3) is 6.65. The van der Waals surface area contributed by atoms with Crippen LogP contribution in [-0.2, 0) is 0 Å². The SMILES string of the molecule is Cc1ccc(Nc2cc(N3CCCCC3)ccc2C2=CC3=CC(c4ccc(N5CCCCC5)cc4Nc4ccc(C)o4)=NC4=NC(c5cnc[nH]5)=NC(=N2)C34)o1. The molecule has 3 aromatic heterocycles. The molecule has 1 unspecified atom stereocenters. The molecule has 3 N–H and O–H groups in total. The largest absolute Gasteiger partial charge is 0.446 e. The fourth-order valence-corrected chi connectivity index (χ4v) is 8.26. The Labute approximate surface area is 325 Å². The average molecular weight is 745 g/mol. The lowest BCUT2D eigenvalue weighted by Gasteiger charge is -2.31. The van der Waals surface area contributed by atoms with Gasteiger partial charge in [-0.05, 0) is 119 Å². The number of allylic oxidation sites excluding steroid dienone is 2. The zero-order chi connectivity index (χ0) is 37.6. The highest BCUT2D eigenvalue weighted by Crippen LogP contribution is 2.40. The number of piperidine rings is 2. The summed E-state index contributed by atoms with van der Waals surface area (Å²) >= 11 is 0. The van der Waals surface area contributed by atoms with Crippen LogP contribution in [-0.4, -0.2) is 59.4 Å². The predicted octanol–water partition coefficient (Wildman–Crippen LogP) is 9.34. The number of H-pyrrole nitrogens is 1. The fourth-order valence-electron chi connectivity index (χ4n) is 8.26. The Hall–Kier alpha value is -6.43. The van der Waals surface area contributed by atoms with E-state index in [4.69, 9.17) is 28.8 Å². The number of nitrogens with zero attached hydrogens (tertiary/aromatic N) is 7. The van der Waals surface area contributed by atoms with E-state index in [9.17, 15) is 0 Å². The number of aliphatic imine (C=N–C) groups is 4. The molecule has 2 aromatic carbocycles. The molecule has 2 saturated heterocycles. The molecule has 0 amide bonds. The number of aryl methyl sites for hydroxylation is 2. The van der Waals surface area contributed by atoms with E-state index in [1.165, 1.54) is 49.9 Å². The molecule has 282 valence electrons. The van der Waals surface area contributed by atoms with Crippen LogP contribution in [0.4, 0.5) is 34.5 Å². The van der Waals surface area contributed by atoms with E-state index >= 15 is 0 Å². The highest BCUT2D eigenvalue weighted by atomic mass is 16.4. The molecule has 5 aromatic rings. The fraction of sp³-hybridized carbons (Fsp3) is 0.295. The van der Waals surface area contributed by atoms with Crippen molar-refractivity contribution >= 4 is 63.4 Å². The maximum absolute atomic E-state index is 6.02. The van der Waals surface area contributed by atoms with Crippen LogP contribution in [0.5, 0.6) is 0 Å². The summed E-state index contributed by atoms with van der Waals surface area (Å²) in [6, 6.07) is 21.1. The van der Waals surface area contributed by atoms with E-state index in [1.54, 1.807) is 12.5 Å². The molecule has 10 rings (SSSR count). The lowest BCUT2D eigenvalue weighted by Crippen LogP contribution is -2.34. The first-order valence-corrected chi connectivity index (χ1v) is 19.7. The first-order chi connectivity index (χ1) is 27.5. The number of anilines is 6. The third-order valence-electron chi connectivity index (χ3n) is 11.1. The normalized spacial score (nSPS) is 19.3. The molecule has 5 aliphatic heterocycles. The van der Waals surface area contributed by atoms with Crippen molar-refractivity contribution in [3.63, 3.8) is 0 Å². The Balaban J connectivity index is 1.10. The number of benzene rings is 2. The molecule has 2 fully saturated rings. The molecule has 0 saturated carbocycles. The zero-order valence-electron chi connectivity index (χ0n) is 31.7. The van der Waals surface area contributed by atoms with Gasteiger partial charge < -0.3 is 34.3 Å². The molecule has 56 heavy (non-hydrogen) atoms. The van der Waals surface area contributed by atoms with Crippen molar-refractivity contribution in [2.75, 3.05) is 46.6 Å². The Kier molecular flexibility index (Phi) is 8.72. The van der Waals surface area contributed by atoms with E-state index in [0.717, 1.165) is 77.2 Å². The molecule has 0 bridgehead atoms. The minimum absolute atomic E-state index is 0.317. The van der Waals surface area contributed by atoms with E-state index < -0.39 is 0 Å². The summed E-state index contributed by atoms with van der Waals surface area (Å²) in [6.45, 7) is 8.09. The Morgan fingerprint density at radius 1 is 0.643 bits per heavy atom. The van der Waals surface area contributed by atoms with Gasteiger partial charge in [0.2, 0.25) is 0 Å². The number of hydrogen-bond donors (Lipinski definition) is 3. The second-order valence-electron chi connectivity index (χ2n) is 15.1. The smallest absolute Gasteiger partial charge is 0.197 e. The van der Waals surface area contributed by atoms with Crippen molar-refractivity contribution in [3.8, 4) is 0 Å². The van der Waals surface area contributed by atoms with Crippen LogP contribution in [0.25, 0.3) is 5.70 Å². The number of rotatable bonds is 9. The van der Waals surface area contributed by atoms with Crippen LogP contribution in [0.15, 0.2) is 120 Å². The van der Waals surface area contributed by atoms with Gasteiger partial charge >= 0.3 is 0 Å². The summed E-state index contributed by atoms with van der Waals surface area (Å²) in [7, 11) is 0. The van der Waals surface area contributed by atoms with Crippen molar-refractivity contribution in [1.82, 2.24) is 9.97 Å². The monoisotopic (exact) mass is 744 g/mol. The van der Waals surface area contributed by atoms with Gasteiger partial charge in [-0.2, -0.15) is 0 Å². The number of imidazole rings is 1. The van der Waals surface area contributed by atoms with Gasteiger partial charge in [0.15, 0.2) is 17.6 Å². The molecule has 0 radical (unpaired) electrons. The van der Waals surface area contributed by atoms with Crippen molar-refractivity contribution in [1.29, 1.82) is 0 Å². The van der Waals surface area contributed by atoms with Crippen molar-refractivity contribution in [2.45, 2.75) is 52.4 Å². The minimum atomic E-state index is -0.317. The molecular weight excluding hydrogens is 701 g/mol. The second kappa shape index (κ2) is 14.3. The van der Waals surface area contributed by atoms with E-state index in [2.05, 4.69) is 79.0 Å². The summed E-state index contributed by atoms with van der Waals surface area (Å²) in [6.07, 6.45) is 15.0. The molecule has 12 nitrogen and oxygen atoms in total. The average Bonchev–Trinajstić information content (AvgIpc) is 4.01. The summed E-state index contributed by atoms with van der Waals surface area (Å²) in [5, 5.41) is 7.18. The van der Waals surface area contributed by atoms with Crippen LogP contribution in [0, 0.1) is 19.8 Å². The molecule has 0 aliphatic carbocycles. The van der Waals surface area contributed by atoms with Gasteiger partial charge in [0.1, 0.15) is 34.8 Å². The highest BCUT2D eigenvalue weighted by Gasteiger charge is 2.37. The van der Waals surface area contributed by atoms with Crippen LogP contribution < -0.4 is 20.4 Å². The topological polar surface area (TPSA) is 135 Å². The van der Waals surface area contributed by atoms with Gasteiger partial charge in [-0.25, -0.2) is 25.0 Å². The van der Waals surface area contributed by atoms with Gasteiger partial charge in [-0.15, -0.1) is 0 Å². The number of aromatic nitrogens is 2. The summed E-state index contributed by atoms with van der Waals surface area (Å²) in [5.74, 6) is 4.49. The van der Waals surface area contributed by atoms with Crippen LogP contribution in [0.2, 0.25) is 0 Å². The Morgan fingerprint density at radius 2 is 1.25 bits per heavy atom. The number of aromatic amines is 1. The maximum atomic E-state index is 6.02. The number of hydrogen-bond acceptors (Lipinski definition) is 11. The molecular formula is C44H44N10O2. The standard InChI is InChI=1S/C44H44N10O2/c1-27-9-15-39(55-27)47-36-23-30(53-17-5-3-6-18-53)11-13-32(36)34-21-29-22-35(50-44-41(29)43(49-34)51-42(52-44)38-25-45-26-46-38)33-14-12-31(54-19-7-4-8-20-54)24-37(33)48-40-16-10-28(2)56-40/h9-16,21-26,41,47-48H,3-8,17-20H2,1-2H3,(H,45,46). The first-order valence-electron chi connectivity index (χ1n) is 19.7. The highest BCUT2D eigenvalue weighted by molar-refractivity contribution is 6.30. The maximum Gasteiger partial charge on any atom is 0.197 e. The molecule has 1 atom stereocenters. The van der Waals surface area contributed by atoms with Crippen LogP contribution in [0.3, 0.4) is 0 Å². The summed E-state index contributed by atoms with van der Waals surface area (Å²) in [5.41, 5.74) is 9.37. The minimum Gasteiger partial charge on any atom is -0.446 e.